The zero-order valence-electron chi connectivity index (χ0n) is 9.53. The van der Waals surface area contributed by atoms with Crippen molar-refractivity contribution >= 4 is 36.5 Å². The predicted octanol–water partition coefficient (Wildman–Crippen LogP) is 1.98. The molecule has 1 aliphatic rings. The molecule has 5 nitrogen and oxygen atoms in total. The summed E-state index contributed by atoms with van der Waals surface area (Å²) in [6.07, 6.45) is -0.390. The highest BCUT2D eigenvalue weighted by Crippen LogP contribution is 2.26. The zero-order valence-corrected chi connectivity index (χ0v) is 12.5. The summed E-state index contributed by atoms with van der Waals surface area (Å²) >= 11 is 1.98. The van der Waals surface area contributed by atoms with Crippen molar-refractivity contribution in [1.82, 2.24) is 4.90 Å². The predicted molar refractivity (Wildman–Crippen MR) is 70.3 cm³/mol. The number of amides is 1. The number of halogens is 1. The van der Waals surface area contributed by atoms with Crippen LogP contribution in [0.5, 0.6) is 0 Å². The number of rotatable bonds is 3. The highest BCUT2D eigenvalue weighted by Gasteiger charge is 2.45. The molecule has 16 heavy (non-hydrogen) atoms. The standard InChI is InChI=1S/C9H16INO4S/c1-8(2,3)15-7(12)11-4-9(13,5-11)6-14-16-10/h13H,4-6H2,1-3H3. The number of hydrogen-bond donors (Lipinski definition) is 1. The molecule has 0 aliphatic carbocycles. The minimum absolute atomic E-state index is 0.222. The summed E-state index contributed by atoms with van der Waals surface area (Å²) in [5, 5.41) is 9.87. The van der Waals surface area contributed by atoms with Crippen LogP contribution in [0.3, 0.4) is 0 Å². The largest absolute Gasteiger partial charge is 0.444 e. The number of carbonyl (C=O) groups excluding carboxylic acids is 1. The van der Waals surface area contributed by atoms with E-state index >= 15 is 0 Å². The highest BCUT2D eigenvalue weighted by atomic mass is 127. The maximum absolute atomic E-state index is 11.5. The van der Waals surface area contributed by atoms with E-state index in [2.05, 4.69) is 0 Å². The number of hydrogen-bond acceptors (Lipinski definition) is 5. The SMILES string of the molecule is CC(C)(C)OC(=O)N1CC(O)(COSI)C1. The fourth-order valence-electron chi connectivity index (χ4n) is 1.34. The number of β-amino-alcohol motifs (C(OH)–C–C–N with tert-alkyl or cyclic N) is 1. The fourth-order valence-corrected chi connectivity index (χ4v) is 1.99. The van der Waals surface area contributed by atoms with Crippen molar-refractivity contribution < 1.29 is 18.8 Å². The molecule has 0 aromatic heterocycles. The van der Waals surface area contributed by atoms with Gasteiger partial charge in [-0.25, -0.2) is 4.79 Å². The van der Waals surface area contributed by atoms with Gasteiger partial charge in [0, 0.05) is 21.2 Å². The molecule has 94 valence electrons. The number of aliphatic hydroxyl groups is 1. The van der Waals surface area contributed by atoms with Crippen LogP contribution in [-0.2, 0) is 8.92 Å². The first kappa shape index (κ1) is 14.3. The van der Waals surface area contributed by atoms with E-state index in [1.165, 1.54) is 14.1 Å². The van der Waals surface area contributed by atoms with Crippen LogP contribution in [0.2, 0.25) is 0 Å². The van der Waals surface area contributed by atoms with Crippen molar-refractivity contribution in [3.8, 4) is 0 Å². The van der Waals surface area contributed by atoms with Crippen LogP contribution in [0.25, 0.3) is 0 Å². The lowest BCUT2D eigenvalue weighted by Gasteiger charge is -2.45. The molecule has 0 spiro atoms. The van der Waals surface area contributed by atoms with E-state index in [0.29, 0.717) is 0 Å². The number of ether oxygens (including phenoxy) is 1. The molecule has 1 rings (SSSR count). The second-order valence-electron chi connectivity index (χ2n) is 4.89. The first-order valence-electron chi connectivity index (χ1n) is 4.86. The Hall–Kier alpha value is 0.270. The molecule has 1 amide bonds. The monoisotopic (exact) mass is 361 g/mol. The van der Waals surface area contributed by atoms with Crippen LogP contribution in [0.1, 0.15) is 20.8 Å². The second-order valence-corrected chi connectivity index (χ2v) is 6.33. The van der Waals surface area contributed by atoms with Crippen LogP contribution in [0.4, 0.5) is 4.79 Å². The lowest BCUT2D eigenvalue weighted by Crippen LogP contribution is -2.66. The Morgan fingerprint density at radius 3 is 2.56 bits per heavy atom. The van der Waals surface area contributed by atoms with E-state index in [1.54, 1.807) is 0 Å². The van der Waals surface area contributed by atoms with Crippen molar-refractivity contribution in [2.45, 2.75) is 32.0 Å². The maximum Gasteiger partial charge on any atom is 0.410 e. The van der Waals surface area contributed by atoms with Crippen molar-refractivity contribution in [1.29, 1.82) is 0 Å². The van der Waals surface area contributed by atoms with E-state index in [4.69, 9.17) is 8.92 Å². The Morgan fingerprint density at radius 1 is 1.56 bits per heavy atom. The van der Waals surface area contributed by atoms with Gasteiger partial charge in [-0.05, 0) is 20.8 Å². The lowest BCUT2D eigenvalue weighted by atomic mass is 9.96. The molecule has 0 aromatic rings. The molecule has 0 saturated carbocycles. The summed E-state index contributed by atoms with van der Waals surface area (Å²) in [6.45, 7) is 6.18. The van der Waals surface area contributed by atoms with Crippen LogP contribution in [0, 0.1) is 0 Å². The molecule has 0 aromatic carbocycles. The van der Waals surface area contributed by atoms with Crippen molar-refractivity contribution in [2.75, 3.05) is 19.7 Å². The molecule has 0 radical (unpaired) electrons. The fraction of sp³-hybridized carbons (Fsp3) is 0.889. The van der Waals surface area contributed by atoms with Crippen molar-refractivity contribution in [2.24, 2.45) is 0 Å². The van der Waals surface area contributed by atoms with Gasteiger partial charge in [-0.1, -0.05) is 0 Å². The van der Waals surface area contributed by atoms with Crippen LogP contribution in [-0.4, -0.2) is 47.0 Å². The third-order valence-corrected chi connectivity index (χ3v) is 2.96. The van der Waals surface area contributed by atoms with E-state index < -0.39 is 11.2 Å². The molecule has 1 fully saturated rings. The van der Waals surface area contributed by atoms with Crippen molar-refractivity contribution in [3.05, 3.63) is 0 Å². The van der Waals surface area contributed by atoms with Crippen LogP contribution >= 0.6 is 30.4 Å². The Bertz CT molecular complexity index is 263. The quantitative estimate of drug-likeness (QED) is 0.616. The Balaban J connectivity index is 2.32. The Labute approximate surface area is 112 Å². The summed E-state index contributed by atoms with van der Waals surface area (Å²) in [5.41, 5.74) is -1.42. The second kappa shape index (κ2) is 5.28. The van der Waals surface area contributed by atoms with Gasteiger partial charge in [-0.15, -0.1) is 0 Å². The van der Waals surface area contributed by atoms with E-state index in [9.17, 15) is 9.90 Å². The number of nitrogens with zero attached hydrogens (tertiary/aromatic N) is 1. The van der Waals surface area contributed by atoms with E-state index in [0.717, 1.165) is 0 Å². The smallest absolute Gasteiger partial charge is 0.410 e. The molecule has 0 bridgehead atoms. The maximum atomic E-state index is 11.5. The highest BCUT2D eigenvalue weighted by molar-refractivity contribution is 14.2. The van der Waals surface area contributed by atoms with Gasteiger partial charge in [0.15, 0.2) is 0 Å². The molecular formula is C9H16INO4S. The topological polar surface area (TPSA) is 59.0 Å². The number of likely N-dealkylation sites (tertiary alicyclic amines) is 1. The molecular weight excluding hydrogens is 345 g/mol. The van der Waals surface area contributed by atoms with Gasteiger partial charge in [0.25, 0.3) is 0 Å². The zero-order chi connectivity index (χ0) is 12.4. The van der Waals surface area contributed by atoms with Crippen molar-refractivity contribution in [3.63, 3.8) is 0 Å². The number of carbonyl (C=O) groups is 1. The van der Waals surface area contributed by atoms with Gasteiger partial charge < -0.3 is 18.9 Å². The molecule has 7 heteroatoms. The minimum Gasteiger partial charge on any atom is -0.444 e. The van der Waals surface area contributed by atoms with Crippen LogP contribution in [0.15, 0.2) is 0 Å². The normalized spacial score (nSPS) is 19.2. The van der Waals surface area contributed by atoms with Gasteiger partial charge in [0.1, 0.15) is 11.2 Å². The minimum atomic E-state index is -0.922. The van der Waals surface area contributed by atoms with E-state index in [-0.39, 0.29) is 25.8 Å². The summed E-state index contributed by atoms with van der Waals surface area (Å²) in [4.78, 5) is 13.0. The van der Waals surface area contributed by atoms with E-state index in [1.807, 2.05) is 42.0 Å². The summed E-state index contributed by atoms with van der Waals surface area (Å²) < 4.78 is 10.2. The van der Waals surface area contributed by atoms with Gasteiger partial charge >= 0.3 is 6.09 Å². The summed E-state index contributed by atoms with van der Waals surface area (Å²) in [7, 11) is 1.17. The first-order chi connectivity index (χ1) is 7.26. The average molecular weight is 361 g/mol. The third-order valence-electron chi connectivity index (χ3n) is 1.99. The molecule has 1 heterocycles. The molecule has 1 saturated heterocycles. The molecule has 1 aliphatic heterocycles. The summed E-state index contributed by atoms with van der Waals surface area (Å²) in [6, 6.07) is 0. The molecule has 0 unspecified atom stereocenters. The molecule has 1 N–H and O–H groups in total. The summed E-state index contributed by atoms with van der Waals surface area (Å²) in [5.74, 6) is 0. The third kappa shape index (κ3) is 4.27. The first-order valence-corrected chi connectivity index (χ1v) is 8.15. The van der Waals surface area contributed by atoms with Crippen LogP contribution < -0.4 is 0 Å². The van der Waals surface area contributed by atoms with Gasteiger partial charge in [-0.2, -0.15) is 0 Å². The average Bonchev–Trinajstić information content (AvgIpc) is 2.07. The Kier molecular flexibility index (Phi) is 4.73. The lowest BCUT2D eigenvalue weighted by molar-refractivity contribution is -0.114. The van der Waals surface area contributed by atoms with Gasteiger partial charge in [0.05, 0.1) is 28.9 Å². The van der Waals surface area contributed by atoms with Gasteiger partial charge in [0.2, 0.25) is 0 Å². The molecule has 0 atom stereocenters. The Morgan fingerprint density at radius 2 is 2.12 bits per heavy atom. The van der Waals surface area contributed by atoms with Gasteiger partial charge in [-0.3, -0.25) is 0 Å².